The number of aryl methyl sites for hydroxylation is 2. The van der Waals surface area contributed by atoms with E-state index in [0.717, 1.165) is 19.0 Å². The number of likely N-dealkylation sites (tertiary alicyclic amines) is 1. The molecule has 3 nitrogen and oxygen atoms in total. The highest BCUT2D eigenvalue weighted by atomic mass is 35.5. The minimum atomic E-state index is 0. The molecule has 0 amide bonds. The second kappa shape index (κ2) is 6.85. The molecule has 2 N–H and O–H groups in total. The fourth-order valence-corrected chi connectivity index (χ4v) is 3.78. The number of rotatable bonds is 3. The largest absolute Gasteiger partial charge is 0.329 e. The normalized spacial score (nSPS) is 24.9. The molecule has 1 aliphatic rings. The van der Waals surface area contributed by atoms with Crippen LogP contribution < -0.4 is 5.73 Å². The lowest BCUT2D eigenvalue weighted by atomic mass is 9.91. The number of nitrogens with zero attached hydrogens (tertiary/aromatic N) is 2. The van der Waals surface area contributed by atoms with Gasteiger partial charge in [-0.2, -0.15) is 0 Å². The van der Waals surface area contributed by atoms with E-state index < -0.39 is 0 Å². The van der Waals surface area contributed by atoms with Gasteiger partial charge in [0.2, 0.25) is 0 Å². The summed E-state index contributed by atoms with van der Waals surface area (Å²) in [6.45, 7) is 9.52. The summed E-state index contributed by atoms with van der Waals surface area (Å²) in [6.07, 6.45) is 2.62. The molecule has 5 heteroatoms. The highest BCUT2D eigenvalue weighted by Crippen LogP contribution is 2.27. The van der Waals surface area contributed by atoms with Gasteiger partial charge in [0.15, 0.2) is 0 Å². The Kier molecular flexibility index (Phi) is 6.05. The third-order valence-electron chi connectivity index (χ3n) is 3.82. The lowest BCUT2D eigenvalue weighted by Gasteiger charge is -2.39. The fraction of sp³-hybridized carbons (Fsp3) is 0.769. The van der Waals surface area contributed by atoms with E-state index in [4.69, 9.17) is 5.73 Å². The van der Waals surface area contributed by atoms with Crippen molar-refractivity contribution in [3.05, 3.63) is 15.6 Å². The van der Waals surface area contributed by atoms with E-state index in [0.29, 0.717) is 6.04 Å². The van der Waals surface area contributed by atoms with Gasteiger partial charge in [0.25, 0.3) is 0 Å². The van der Waals surface area contributed by atoms with Gasteiger partial charge in [-0.15, -0.1) is 23.7 Å². The van der Waals surface area contributed by atoms with Gasteiger partial charge in [-0.3, -0.25) is 4.90 Å². The van der Waals surface area contributed by atoms with E-state index >= 15 is 0 Å². The molecule has 0 bridgehead atoms. The van der Waals surface area contributed by atoms with Crippen LogP contribution in [0.1, 0.15) is 35.3 Å². The predicted octanol–water partition coefficient (Wildman–Crippen LogP) is 2.74. The van der Waals surface area contributed by atoms with Crippen molar-refractivity contribution in [1.82, 2.24) is 9.88 Å². The predicted molar refractivity (Wildman–Crippen MR) is 80.5 cm³/mol. The van der Waals surface area contributed by atoms with Crippen LogP contribution in [-0.2, 0) is 6.54 Å². The summed E-state index contributed by atoms with van der Waals surface area (Å²) in [6, 6.07) is 0.547. The highest BCUT2D eigenvalue weighted by Gasteiger charge is 2.27. The molecule has 1 fully saturated rings. The summed E-state index contributed by atoms with van der Waals surface area (Å²) < 4.78 is 0. The van der Waals surface area contributed by atoms with E-state index in [1.807, 2.05) is 11.3 Å². The average molecular weight is 290 g/mol. The van der Waals surface area contributed by atoms with Crippen molar-refractivity contribution in [2.45, 2.75) is 46.2 Å². The molecule has 0 saturated carbocycles. The highest BCUT2D eigenvalue weighted by molar-refractivity contribution is 7.11. The molecule has 1 aliphatic heterocycles. The Balaban J connectivity index is 0.00000162. The van der Waals surface area contributed by atoms with Crippen molar-refractivity contribution in [2.24, 2.45) is 11.7 Å². The number of piperidine rings is 1. The Hall–Kier alpha value is -0.160. The first-order valence-corrected chi connectivity index (χ1v) is 7.30. The molecule has 2 atom stereocenters. The minimum Gasteiger partial charge on any atom is -0.329 e. The van der Waals surface area contributed by atoms with Crippen molar-refractivity contribution in [1.29, 1.82) is 0 Å². The van der Waals surface area contributed by atoms with Crippen LogP contribution in [0.15, 0.2) is 0 Å². The van der Waals surface area contributed by atoms with E-state index in [2.05, 4.69) is 30.7 Å². The van der Waals surface area contributed by atoms with Crippen molar-refractivity contribution >= 4 is 23.7 Å². The lowest BCUT2D eigenvalue weighted by Crippen LogP contribution is -2.47. The summed E-state index contributed by atoms with van der Waals surface area (Å²) in [5.41, 5.74) is 7.12. The standard InChI is InChI=1S/C13H23N3S.ClH/c1-9-5-4-6-16(12(9)7-14)8-13-10(2)15-11(3)17-13;/h9,12H,4-8,14H2,1-3H3;1H. The number of thiazole rings is 1. The first kappa shape index (κ1) is 15.9. The summed E-state index contributed by atoms with van der Waals surface area (Å²) in [7, 11) is 0. The minimum absolute atomic E-state index is 0. The number of aromatic nitrogens is 1. The van der Waals surface area contributed by atoms with E-state index in [1.54, 1.807) is 0 Å². The molecule has 1 saturated heterocycles. The van der Waals surface area contributed by atoms with Crippen LogP contribution in [0, 0.1) is 19.8 Å². The van der Waals surface area contributed by atoms with Crippen LogP contribution in [0.25, 0.3) is 0 Å². The maximum Gasteiger partial charge on any atom is 0.0900 e. The molecule has 2 rings (SSSR count). The summed E-state index contributed by atoms with van der Waals surface area (Å²) in [4.78, 5) is 8.47. The van der Waals surface area contributed by atoms with E-state index in [9.17, 15) is 0 Å². The van der Waals surface area contributed by atoms with Gasteiger partial charge in [-0.05, 0) is 39.2 Å². The fourth-order valence-electron chi connectivity index (χ4n) is 2.82. The van der Waals surface area contributed by atoms with Gasteiger partial charge in [0.1, 0.15) is 0 Å². The molecule has 18 heavy (non-hydrogen) atoms. The first-order chi connectivity index (χ1) is 8.11. The Morgan fingerprint density at radius 2 is 2.17 bits per heavy atom. The molecule has 2 heterocycles. The summed E-state index contributed by atoms with van der Waals surface area (Å²) >= 11 is 1.83. The van der Waals surface area contributed by atoms with E-state index in [1.165, 1.54) is 35.0 Å². The SMILES string of the molecule is Cc1nc(C)c(CN2CCCC(C)C2CN)s1.Cl. The molecule has 104 valence electrons. The molecule has 1 aromatic heterocycles. The third-order valence-corrected chi connectivity index (χ3v) is 4.88. The topological polar surface area (TPSA) is 42.2 Å². The quantitative estimate of drug-likeness (QED) is 0.930. The van der Waals surface area contributed by atoms with Crippen molar-refractivity contribution in [3.63, 3.8) is 0 Å². The van der Waals surface area contributed by atoms with Gasteiger partial charge in [-0.1, -0.05) is 6.92 Å². The summed E-state index contributed by atoms with van der Waals surface area (Å²) in [5.74, 6) is 0.725. The molecular weight excluding hydrogens is 266 g/mol. The van der Waals surface area contributed by atoms with Crippen LogP contribution in [-0.4, -0.2) is 29.0 Å². The Bertz CT molecular complexity index is 380. The molecular formula is C13H24ClN3S. The number of nitrogens with two attached hydrogens (primary N) is 1. The molecule has 1 aromatic rings. The Morgan fingerprint density at radius 3 is 2.72 bits per heavy atom. The number of halogens is 1. The maximum atomic E-state index is 5.93. The smallest absolute Gasteiger partial charge is 0.0900 e. The molecule has 0 aromatic carbocycles. The Labute approximate surface area is 120 Å². The van der Waals surface area contributed by atoms with Crippen molar-refractivity contribution in [3.8, 4) is 0 Å². The first-order valence-electron chi connectivity index (χ1n) is 6.49. The van der Waals surface area contributed by atoms with Gasteiger partial charge in [-0.25, -0.2) is 4.98 Å². The second-order valence-electron chi connectivity index (χ2n) is 5.13. The van der Waals surface area contributed by atoms with Crippen LogP contribution >= 0.6 is 23.7 Å². The van der Waals surface area contributed by atoms with Gasteiger partial charge in [0, 0.05) is 24.0 Å². The van der Waals surface area contributed by atoms with Crippen LogP contribution in [0.4, 0.5) is 0 Å². The molecule has 0 radical (unpaired) electrons. The van der Waals surface area contributed by atoms with Crippen molar-refractivity contribution < 1.29 is 0 Å². The second-order valence-corrected chi connectivity index (χ2v) is 6.42. The molecule has 0 aliphatic carbocycles. The van der Waals surface area contributed by atoms with Gasteiger partial charge in [0.05, 0.1) is 10.7 Å². The molecule has 0 spiro atoms. The third kappa shape index (κ3) is 3.44. The zero-order chi connectivity index (χ0) is 12.4. The van der Waals surface area contributed by atoms with E-state index in [-0.39, 0.29) is 12.4 Å². The van der Waals surface area contributed by atoms with Crippen LogP contribution in [0.3, 0.4) is 0 Å². The van der Waals surface area contributed by atoms with Gasteiger partial charge < -0.3 is 5.73 Å². The molecule has 2 unspecified atom stereocenters. The monoisotopic (exact) mass is 289 g/mol. The number of hydrogen-bond donors (Lipinski definition) is 1. The zero-order valence-corrected chi connectivity index (χ0v) is 13.1. The maximum absolute atomic E-state index is 5.93. The van der Waals surface area contributed by atoms with Gasteiger partial charge >= 0.3 is 0 Å². The average Bonchev–Trinajstić information content (AvgIpc) is 2.58. The summed E-state index contributed by atoms with van der Waals surface area (Å²) in [5, 5.41) is 1.17. The lowest BCUT2D eigenvalue weighted by molar-refractivity contribution is 0.0999. The van der Waals surface area contributed by atoms with Crippen molar-refractivity contribution in [2.75, 3.05) is 13.1 Å². The van der Waals surface area contributed by atoms with Crippen LogP contribution in [0.5, 0.6) is 0 Å². The number of hydrogen-bond acceptors (Lipinski definition) is 4. The Morgan fingerprint density at radius 1 is 1.44 bits per heavy atom. The zero-order valence-electron chi connectivity index (χ0n) is 11.5. The van der Waals surface area contributed by atoms with Crippen LogP contribution in [0.2, 0.25) is 0 Å².